The van der Waals surface area contributed by atoms with Crippen LogP contribution in [0.2, 0.25) is 5.02 Å². The number of Topliss-reactive ketones (excluding diaryl/α,β-unsaturated/α-hetero) is 1. The van der Waals surface area contributed by atoms with Gasteiger partial charge in [-0.2, -0.15) is 0 Å². The van der Waals surface area contributed by atoms with E-state index >= 15 is 0 Å². The summed E-state index contributed by atoms with van der Waals surface area (Å²) < 4.78 is 0. The fraction of sp³-hybridized carbons (Fsp3) is 0.222. The molecule has 0 aliphatic heterocycles. The molecule has 1 aromatic rings. The molecule has 0 aliphatic rings. The second-order valence-corrected chi connectivity index (χ2v) is 4.24. The number of benzene rings is 1. The molecule has 0 aliphatic carbocycles. The number of alkyl halides is 1. The number of rotatable bonds is 2. The molecular weight excluding hydrogens is 239 g/mol. The molecule has 0 saturated carbocycles. The van der Waals surface area contributed by atoms with Gasteiger partial charge in [0.05, 0.1) is 9.85 Å². The summed E-state index contributed by atoms with van der Waals surface area (Å²) in [5.41, 5.74) is 0.573. The monoisotopic (exact) mass is 246 g/mol. The maximum atomic E-state index is 11.4. The van der Waals surface area contributed by atoms with E-state index in [9.17, 15) is 4.79 Å². The van der Waals surface area contributed by atoms with Gasteiger partial charge in [0, 0.05) is 5.56 Å². The lowest BCUT2D eigenvalue weighted by Gasteiger charge is -2.03. The van der Waals surface area contributed by atoms with Gasteiger partial charge in [-0.25, -0.2) is 0 Å². The average Bonchev–Trinajstić information content (AvgIpc) is 2.04. The second kappa shape index (κ2) is 4.06. The summed E-state index contributed by atoms with van der Waals surface area (Å²) in [7, 11) is 0. The van der Waals surface area contributed by atoms with Crippen LogP contribution in [0, 0.1) is 0 Å². The van der Waals surface area contributed by atoms with E-state index in [4.69, 9.17) is 11.6 Å². The number of hydrogen-bond donors (Lipinski definition) is 0. The molecule has 0 heterocycles. The van der Waals surface area contributed by atoms with Crippen molar-refractivity contribution in [3.63, 3.8) is 0 Å². The molecule has 0 unspecified atom stereocenters. The van der Waals surface area contributed by atoms with E-state index in [-0.39, 0.29) is 10.6 Å². The first-order valence-corrected chi connectivity index (χ1v) is 4.85. The molecule has 1 nitrogen and oxygen atoms in total. The van der Waals surface area contributed by atoms with Crippen molar-refractivity contribution in [2.24, 2.45) is 0 Å². The van der Waals surface area contributed by atoms with Crippen molar-refractivity contribution < 1.29 is 4.79 Å². The van der Waals surface area contributed by atoms with Crippen molar-refractivity contribution in [2.45, 2.75) is 11.8 Å². The Balaban J connectivity index is 3.03. The van der Waals surface area contributed by atoms with Crippen molar-refractivity contribution in [1.29, 1.82) is 0 Å². The summed E-state index contributed by atoms with van der Waals surface area (Å²) in [5.74, 6) is 0.0144. The summed E-state index contributed by atoms with van der Waals surface area (Å²) >= 11 is 9.02. The molecule has 0 fully saturated rings. The lowest BCUT2D eigenvalue weighted by molar-refractivity contribution is 0.0996. The fourth-order valence-electron chi connectivity index (χ4n) is 0.875. The first-order valence-electron chi connectivity index (χ1n) is 3.55. The highest BCUT2D eigenvalue weighted by molar-refractivity contribution is 9.10. The summed E-state index contributed by atoms with van der Waals surface area (Å²) in [4.78, 5) is 11.3. The Kier molecular flexibility index (Phi) is 3.29. The summed E-state index contributed by atoms with van der Waals surface area (Å²) in [6.45, 7) is 1.78. The fourth-order valence-corrected chi connectivity index (χ4v) is 1.35. The number of hydrogen-bond acceptors (Lipinski definition) is 1. The van der Waals surface area contributed by atoms with Crippen molar-refractivity contribution in [2.75, 3.05) is 0 Å². The zero-order valence-electron chi connectivity index (χ0n) is 6.55. The van der Waals surface area contributed by atoms with Crippen LogP contribution < -0.4 is 0 Å². The minimum Gasteiger partial charge on any atom is -0.293 e. The third-order valence-corrected chi connectivity index (χ3v) is 2.25. The van der Waals surface area contributed by atoms with Crippen LogP contribution >= 0.6 is 27.5 Å². The molecule has 0 saturated heterocycles. The van der Waals surface area contributed by atoms with Gasteiger partial charge in [0.25, 0.3) is 0 Å². The lowest BCUT2D eigenvalue weighted by Crippen LogP contribution is -2.10. The highest BCUT2D eigenvalue weighted by atomic mass is 79.9. The van der Waals surface area contributed by atoms with E-state index in [1.807, 2.05) is 0 Å². The van der Waals surface area contributed by atoms with E-state index < -0.39 is 0 Å². The van der Waals surface area contributed by atoms with Crippen molar-refractivity contribution in [3.05, 3.63) is 34.9 Å². The molecule has 64 valence electrons. The Hall–Kier alpha value is -0.340. The molecule has 0 aromatic heterocycles. The molecular formula is C9H8BrClO. The molecule has 1 rings (SSSR count). The van der Waals surface area contributed by atoms with Crippen LogP contribution in [0.3, 0.4) is 0 Å². The van der Waals surface area contributed by atoms with Gasteiger partial charge in [-0.15, -0.1) is 0 Å². The Morgan fingerprint density at radius 3 is 2.58 bits per heavy atom. The zero-order chi connectivity index (χ0) is 9.14. The highest BCUT2D eigenvalue weighted by Gasteiger charge is 2.13. The van der Waals surface area contributed by atoms with Crippen molar-refractivity contribution >= 4 is 33.3 Å². The Bertz CT molecular complexity index is 296. The van der Waals surface area contributed by atoms with Crippen molar-refractivity contribution in [3.8, 4) is 0 Å². The van der Waals surface area contributed by atoms with Gasteiger partial charge in [0.1, 0.15) is 0 Å². The topological polar surface area (TPSA) is 17.1 Å². The Morgan fingerprint density at radius 2 is 2.08 bits per heavy atom. The lowest BCUT2D eigenvalue weighted by atomic mass is 10.1. The molecule has 0 spiro atoms. The smallest absolute Gasteiger partial charge is 0.177 e. The maximum Gasteiger partial charge on any atom is 0.177 e. The second-order valence-electron chi connectivity index (χ2n) is 2.46. The van der Waals surface area contributed by atoms with Gasteiger partial charge in [-0.05, 0) is 19.1 Å². The minimum absolute atomic E-state index is 0.0144. The number of carbonyl (C=O) groups excluding carboxylic acids is 1. The van der Waals surface area contributed by atoms with Crippen LogP contribution in [-0.4, -0.2) is 10.6 Å². The van der Waals surface area contributed by atoms with E-state index in [2.05, 4.69) is 15.9 Å². The number of carbonyl (C=O) groups is 1. The first-order chi connectivity index (χ1) is 5.63. The number of halogens is 2. The molecule has 0 N–H and O–H groups in total. The quantitative estimate of drug-likeness (QED) is 0.579. The van der Waals surface area contributed by atoms with E-state index in [1.54, 1.807) is 31.2 Å². The van der Waals surface area contributed by atoms with Crippen LogP contribution in [0.25, 0.3) is 0 Å². The van der Waals surface area contributed by atoms with E-state index in [1.165, 1.54) is 0 Å². The minimum atomic E-state index is -0.183. The van der Waals surface area contributed by atoms with E-state index in [0.29, 0.717) is 10.6 Å². The van der Waals surface area contributed by atoms with Gasteiger partial charge in [-0.3, -0.25) is 4.79 Å². The molecule has 0 amide bonds. The molecule has 1 aromatic carbocycles. The van der Waals surface area contributed by atoms with Crippen LogP contribution in [-0.2, 0) is 0 Å². The largest absolute Gasteiger partial charge is 0.293 e. The van der Waals surface area contributed by atoms with Gasteiger partial charge in [0.15, 0.2) is 5.78 Å². The predicted molar refractivity (Wildman–Crippen MR) is 54.2 cm³/mol. The SMILES string of the molecule is C[C@@H](Br)C(=O)c1ccccc1Cl. The van der Waals surface area contributed by atoms with E-state index in [0.717, 1.165) is 0 Å². The van der Waals surface area contributed by atoms with Gasteiger partial charge >= 0.3 is 0 Å². The summed E-state index contributed by atoms with van der Waals surface area (Å²) in [5, 5.41) is 0.508. The summed E-state index contributed by atoms with van der Waals surface area (Å²) in [6, 6.07) is 7.04. The van der Waals surface area contributed by atoms with Crippen molar-refractivity contribution in [1.82, 2.24) is 0 Å². The van der Waals surface area contributed by atoms with Crippen LogP contribution in [0.5, 0.6) is 0 Å². The average molecular weight is 248 g/mol. The van der Waals surface area contributed by atoms with Crippen LogP contribution in [0.4, 0.5) is 0 Å². The van der Waals surface area contributed by atoms with Crippen LogP contribution in [0.15, 0.2) is 24.3 Å². The molecule has 12 heavy (non-hydrogen) atoms. The third-order valence-electron chi connectivity index (χ3n) is 1.50. The highest BCUT2D eigenvalue weighted by Crippen LogP contribution is 2.18. The third kappa shape index (κ3) is 2.08. The van der Waals surface area contributed by atoms with Gasteiger partial charge in [-0.1, -0.05) is 39.7 Å². The Labute approximate surface area is 84.9 Å². The molecule has 3 heteroatoms. The zero-order valence-corrected chi connectivity index (χ0v) is 8.89. The molecule has 0 radical (unpaired) electrons. The predicted octanol–water partition coefficient (Wildman–Crippen LogP) is 3.31. The molecule has 0 bridgehead atoms. The van der Waals surface area contributed by atoms with Crippen LogP contribution in [0.1, 0.15) is 17.3 Å². The number of ketones is 1. The Morgan fingerprint density at radius 1 is 1.50 bits per heavy atom. The van der Waals surface area contributed by atoms with Gasteiger partial charge in [0.2, 0.25) is 0 Å². The maximum absolute atomic E-state index is 11.4. The van der Waals surface area contributed by atoms with Gasteiger partial charge < -0.3 is 0 Å². The first kappa shape index (κ1) is 9.75. The summed E-state index contributed by atoms with van der Waals surface area (Å²) in [6.07, 6.45) is 0. The normalized spacial score (nSPS) is 12.6. The standard InChI is InChI=1S/C9H8BrClO/c1-6(10)9(12)7-4-2-3-5-8(7)11/h2-6H,1H3/t6-/m1/s1. The molecule has 1 atom stereocenters.